The summed E-state index contributed by atoms with van der Waals surface area (Å²) in [7, 11) is 0. The fraction of sp³-hybridized carbons (Fsp3) is 0. The van der Waals surface area contributed by atoms with Gasteiger partial charge in [-0.2, -0.15) is 8.78 Å². The summed E-state index contributed by atoms with van der Waals surface area (Å²) >= 11 is 2.77. The number of benzene rings is 2. The van der Waals surface area contributed by atoms with Crippen LogP contribution in [0.5, 0.6) is 5.75 Å². The molecule has 0 unspecified atom stereocenters. The summed E-state index contributed by atoms with van der Waals surface area (Å²) in [6, 6.07) is 5.52. The molecule has 0 heterocycles. The average Bonchev–Trinajstić information content (AvgIpc) is 2.62. The highest BCUT2D eigenvalue weighted by molar-refractivity contribution is 9.12. The number of allylic oxidation sites excluding steroid dienone is 2. The van der Waals surface area contributed by atoms with Gasteiger partial charge in [0, 0.05) is 11.1 Å². The van der Waals surface area contributed by atoms with Gasteiger partial charge in [-0.3, -0.25) is 9.59 Å². The van der Waals surface area contributed by atoms with Crippen LogP contribution in [0.4, 0.5) is 22.0 Å². The molecule has 9 heteroatoms. The summed E-state index contributed by atoms with van der Waals surface area (Å²) in [5.41, 5.74) is -0.126. The first-order valence-corrected chi connectivity index (χ1v) is 7.32. The molecule has 0 spiro atoms. The third kappa shape index (κ3) is 2.55. The Balaban J connectivity index is 2.15. The first-order valence-electron chi connectivity index (χ1n) is 6.53. The van der Waals surface area contributed by atoms with Crippen LogP contribution in [0.2, 0.25) is 0 Å². The van der Waals surface area contributed by atoms with E-state index in [-0.39, 0.29) is 11.1 Å². The Bertz CT molecular complexity index is 955. The van der Waals surface area contributed by atoms with E-state index >= 15 is 0 Å². The summed E-state index contributed by atoms with van der Waals surface area (Å²) in [6.45, 7) is 0. The van der Waals surface area contributed by atoms with Crippen LogP contribution in [0.15, 0.2) is 34.5 Å². The van der Waals surface area contributed by atoms with Crippen molar-refractivity contribution in [2.75, 3.05) is 0 Å². The van der Waals surface area contributed by atoms with Gasteiger partial charge in [-0.1, -0.05) is 24.3 Å². The molecule has 0 aromatic heterocycles. The van der Waals surface area contributed by atoms with Crippen LogP contribution < -0.4 is 4.74 Å². The number of carbonyl (C=O) groups excluding carboxylic acids is 2. The minimum Gasteiger partial charge on any atom is -0.445 e. The molecular weight excluding hydrogens is 415 g/mol. The van der Waals surface area contributed by atoms with Gasteiger partial charge in [0.15, 0.2) is 5.76 Å². The first-order chi connectivity index (χ1) is 11.8. The van der Waals surface area contributed by atoms with E-state index in [1.807, 2.05) is 0 Å². The lowest BCUT2D eigenvalue weighted by Crippen LogP contribution is -2.23. The second-order valence-electron chi connectivity index (χ2n) is 4.85. The molecule has 0 amide bonds. The Kier molecular flexibility index (Phi) is 4.19. The zero-order valence-corrected chi connectivity index (χ0v) is 13.4. The molecule has 25 heavy (non-hydrogen) atoms. The first kappa shape index (κ1) is 17.3. The van der Waals surface area contributed by atoms with E-state index in [0.29, 0.717) is 0 Å². The second kappa shape index (κ2) is 6.07. The molecule has 0 radical (unpaired) electrons. The number of Topliss-reactive ketones (excluding diaryl/α,β-unsaturated/α-hetero) is 2. The van der Waals surface area contributed by atoms with Crippen molar-refractivity contribution in [3.8, 4) is 5.75 Å². The number of carbonyl (C=O) groups is 2. The quantitative estimate of drug-likeness (QED) is 0.411. The molecule has 1 aliphatic carbocycles. The zero-order chi connectivity index (χ0) is 18.5. The molecule has 2 aromatic carbocycles. The summed E-state index contributed by atoms with van der Waals surface area (Å²) < 4.78 is 71.2. The van der Waals surface area contributed by atoms with E-state index in [4.69, 9.17) is 0 Å². The highest BCUT2D eigenvalue weighted by Crippen LogP contribution is 2.35. The maximum Gasteiger partial charge on any atom is 0.230 e. The van der Waals surface area contributed by atoms with Crippen molar-refractivity contribution in [3.63, 3.8) is 0 Å². The predicted molar refractivity (Wildman–Crippen MR) is 77.9 cm³/mol. The summed E-state index contributed by atoms with van der Waals surface area (Å²) in [5, 5.41) is 0. The van der Waals surface area contributed by atoms with Crippen LogP contribution in [0.1, 0.15) is 20.7 Å². The lowest BCUT2D eigenvalue weighted by Gasteiger charge is -2.18. The molecule has 0 atom stereocenters. The zero-order valence-electron chi connectivity index (χ0n) is 11.8. The molecule has 3 rings (SSSR count). The van der Waals surface area contributed by atoms with E-state index in [0.717, 1.165) is 0 Å². The molecule has 0 N–H and O–H groups in total. The predicted octanol–water partition coefficient (Wildman–Crippen LogP) is 4.45. The number of fused-ring (bicyclic) bond motifs is 1. The number of ether oxygens (including phenoxy) is 1. The van der Waals surface area contributed by atoms with Gasteiger partial charge in [0.05, 0.1) is 0 Å². The van der Waals surface area contributed by atoms with Crippen molar-refractivity contribution in [1.29, 1.82) is 0 Å². The van der Waals surface area contributed by atoms with Crippen molar-refractivity contribution in [1.82, 2.24) is 0 Å². The van der Waals surface area contributed by atoms with Gasteiger partial charge in [0.25, 0.3) is 0 Å². The van der Waals surface area contributed by atoms with Crippen molar-refractivity contribution in [3.05, 3.63) is 74.7 Å². The van der Waals surface area contributed by atoms with E-state index in [2.05, 4.69) is 20.7 Å². The molecular formula is C16H4BrF5O3. The number of hydrogen-bond donors (Lipinski definition) is 0. The van der Waals surface area contributed by atoms with Gasteiger partial charge in [-0.15, -0.1) is 0 Å². The molecule has 0 aliphatic heterocycles. The second-order valence-corrected chi connectivity index (χ2v) is 5.64. The Morgan fingerprint density at radius 1 is 0.720 bits per heavy atom. The van der Waals surface area contributed by atoms with Crippen LogP contribution in [0, 0.1) is 29.1 Å². The van der Waals surface area contributed by atoms with E-state index in [9.17, 15) is 31.5 Å². The summed E-state index contributed by atoms with van der Waals surface area (Å²) in [5.74, 6) is -15.6. The Hall–Kier alpha value is -2.55. The Labute approximate surface area is 144 Å². The van der Waals surface area contributed by atoms with Crippen molar-refractivity contribution in [2.24, 2.45) is 0 Å². The summed E-state index contributed by atoms with van der Waals surface area (Å²) in [4.78, 5) is 24.6. The number of halogens is 6. The van der Waals surface area contributed by atoms with Gasteiger partial charge >= 0.3 is 0 Å². The Morgan fingerprint density at radius 3 is 1.68 bits per heavy atom. The van der Waals surface area contributed by atoms with Crippen molar-refractivity contribution >= 4 is 27.5 Å². The fourth-order valence-corrected chi connectivity index (χ4v) is 2.66. The normalized spacial score (nSPS) is 14.0. The molecule has 0 fully saturated rings. The van der Waals surface area contributed by atoms with Crippen LogP contribution >= 0.6 is 15.9 Å². The Morgan fingerprint density at radius 2 is 1.16 bits per heavy atom. The maximum atomic E-state index is 13.7. The van der Waals surface area contributed by atoms with Crippen LogP contribution in [0.25, 0.3) is 0 Å². The highest BCUT2D eigenvalue weighted by atomic mass is 79.9. The molecule has 0 saturated heterocycles. The largest absolute Gasteiger partial charge is 0.445 e. The monoisotopic (exact) mass is 418 g/mol. The topological polar surface area (TPSA) is 43.4 Å². The maximum absolute atomic E-state index is 13.7. The van der Waals surface area contributed by atoms with Crippen molar-refractivity contribution in [2.45, 2.75) is 0 Å². The van der Waals surface area contributed by atoms with E-state index in [1.165, 1.54) is 24.3 Å². The van der Waals surface area contributed by atoms with E-state index < -0.39 is 56.6 Å². The molecule has 0 saturated carbocycles. The summed E-state index contributed by atoms with van der Waals surface area (Å²) in [6.07, 6.45) is 0. The molecule has 2 aromatic rings. The highest BCUT2D eigenvalue weighted by Gasteiger charge is 2.35. The lowest BCUT2D eigenvalue weighted by atomic mass is 9.93. The van der Waals surface area contributed by atoms with Gasteiger partial charge in [0.1, 0.15) is 4.48 Å². The van der Waals surface area contributed by atoms with Crippen molar-refractivity contribution < 1.29 is 36.3 Å². The number of hydrogen-bond acceptors (Lipinski definition) is 3. The standard InChI is InChI=1S/C16H4BrF5O3/c17-7-13(23)5-3-1-2-4-6(5)14(24)15(7)25-16-11(21)9(19)8(18)10(20)12(16)22/h1-4H. The van der Waals surface area contributed by atoms with Gasteiger partial charge in [-0.25, -0.2) is 13.2 Å². The minimum absolute atomic E-state index is 0.00383. The average molecular weight is 419 g/mol. The molecule has 0 bridgehead atoms. The van der Waals surface area contributed by atoms with Gasteiger partial charge in [0.2, 0.25) is 46.4 Å². The van der Waals surface area contributed by atoms with Gasteiger partial charge in [-0.05, 0) is 15.9 Å². The SMILES string of the molecule is O=C1C(Br)=C(Oc2c(F)c(F)c(F)c(F)c2F)C(=O)c2ccccc21. The molecule has 128 valence electrons. The fourth-order valence-electron chi connectivity index (χ4n) is 2.19. The third-order valence-electron chi connectivity index (χ3n) is 3.39. The van der Waals surface area contributed by atoms with Crippen LogP contribution in [0.3, 0.4) is 0 Å². The third-order valence-corrected chi connectivity index (χ3v) is 4.12. The number of ketones is 2. The molecule has 1 aliphatic rings. The van der Waals surface area contributed by atoms with Crippen LogP contribution in [-0.4, -0.2) is 11.6 Å². The lowest BCUT2D eigenvalue weighted by molar-refractivity contribution is 0.0940. The van der Waals surface area contributed by atoms with Gasteiger partial charge < -0.3 is 4.74 Å². The van der Waals surface area contributed by atoms with Crippen LogP contribution in [-0.2, 0) is 0 Å². The number of rotatable bonds is 2. The smallest absolute Gasteiger partial charge is 0.230 e. The molecule has 3 nitrogen and oxygen atoms in total. The van der Waals surface area contributed by atoms with E-state index in [1.54, 1.807) is 0 Å². The minimum atomic E-state index is -2.37.